The quantitative estimate of drug-likeness (QED) is 0.189. The molecule has 11 heteroatoms. The predicted molar refractivity (Wildman–Crippen MR) is 153 cm³/mol. The number of hydrogen-bond donors (Lipinski definition) is 1. The van der Waals surface area contributed by atoms with E-state index < -0.39 is 10.8 Å². The summed E-state index contributed by atoms with van der Waals surface area (Å²) in [6.45, 7) is 6.27. The highest BCUT2D eigenvalue weighted by atomic mass is 32.2. The maximum Gasteiger partial charge on any atom is 0.273 e. The van der Waals surface area contributed by atoms with Crippen LogP contribution >= 0.6 is 11.8 Å². The van der Waals surface area contributed by atoms with E-state index in [9.17, 15) is 19.7 Å². The van der Waals surface area contributed by atoms with Crippen LogP contribution in [0.3, 0.4) is 0 Å². The monoisotopic (exact) mass is 556 g/mol. The van der Waals surface area contributed by atoms with Crippen molar-refractivity contribution in [3.8, 4) is 5.69 Å². The molecular weight excluding hydrogens is 528 g/mol. The normalized spacial score (nSPS) is 12.3. The van der Waals surface area contributed by atoms with Crippen molar-refractivity contribution in [1.82, 2.24) is 20.1 Å². The number of aromatic nitrogens is 3. The fourth-order valence-corrected chi connectivity index (χ4v) is 5.56. The molecule has 204 valence electrons. The summed E-state index contributed by atoms with van der Waals surface area (Å²) in [5.41, 5.74) is 5.52. The highest BCUT2D eigenvalue weighted by molar-refractivity contribution is 7.99. The number of carbonyl (C=O) groups is 2. The van der Waals surface area contributed by atoms with Crippen LogP contribution in [0.25, 0.3) is 5.69 Å². The van der Waals surface area contributed by atoms with Crippen LogP contribution in [0.1, 0.15) is 38.4 Å². The molecule has 2 heterocycles. The highest BCUT2D eigenvalue weighted by Crippen LogP contribution is 2.30. The van der Waals surface area contributed by atoms with E-state index in [4.69, 9.17) is 0 Å². The molecule has 40 heavy (non-hydrogen) atoms. The van der Waals surface area contributed by atoms with E-state index in [0.29, 0.717) is 23.1 Å². The van der Waals surface area contributed by atoms with Crippen molar-refractivity contribution in [2.45, 2.75) is 38.9 Å². The molecule has 0 saturated carbocycles. The molecule has 1 aromatic heterocycles. The molecule has 0 unspecified atom stereocenters. The van der Waals surface area contributed by atoms with E-state index in [1.165, 1.54) is 17.8 Å². The number of nitro groups is 1. The van der Waals surface area contributed by atoms with Crippen molar-refractivity contribution in [3.63, 3.8) is 0 Å². The molecule has 0 radical (unpaired) electrons. The van der Waals surface area contributed by atoms with Crippen LogP contribution in [0.5, 0.6) is 0 Å². The molecule has 3 aromatic carbocycles. The van der Waals surface area contributed by atoms with Crippen molar-refractivity contribution in [1.29, 1.82) is 0 Å². The minimum absolute atomic E-state index is 0.0127. The molecule has 10 nitrogen and oxygen atoms in total. The van der Waals surface area contributed by atoms with E-state index in [1.54, 1.807) is 19.1 Å². The zero-order valence-corrected chi connectivity index (χ0v) is 23.2. The average Bonchev–Trinajstić information content (AvgIpc) is 3.56. The summed E-state index contributed by atoms with van der Waals surface area (Å²) in [4.78, 5) is 38.7. The highest BCUT2D eigenvalue weighted by Gasteiger charge is 2.25. The van der Waals surface area contributed by atoms with Crippen LogP contribution in [-0.4, -0.2) is 43.8 Å². The molecule has 1 aliphatic heterocycles. The van der Waals surface area contributed by atoms with Gasteiger partial charge in [0.15, 0.2) is 11.0 Å². The summed E-state index contributed by atoms with van der Waals surface area (Å²) in [7, 11) is 0. The first-order valence-electron chi connectivity index (χ1n) is 12.8. The number of nitrogens with one attached hydrogen (secondary N) is 1. The lowest BCUT2D eigenvalue weighted by Crippen LogP contribution is -2.30. The Balaban J connectivity index is 1.38. The number of thioether (sulfide) groups is 1. The van der Waals surface area contributed by atoms with Gasteiger partial charge in [-0.1, -0.05) is 48.2 Å². The Hall–Kier alpha value is -4.51. The Bertz CT molecular complexity index is 1630. The van der Waals surface area contributed by atoms with Gasteiger partial charge in [-0.05, 0) is 62.1 Å². The number of hydrogen-bond acceptors (Lipinski definition) is 7. The number of benzene rings is 3. The molecule has 0 spiro atoms. The Morgan fingerprint density at radius 1 is 1.00 bits per heavy atom. The Morgan fingerprint density at radius 2 is 1.77 bits per heavy atom. The molecule has 1 N–H and O–H groups in total. The summed E-state index contributed by atoms with van der Waals surface area (Å²) in [5.74, 6) is 0.179. The van der Waals surface area contributed by atoms with Crippen LogP contribution in [0.4, 0.5) is 11.4 Å². The average molecular weight is 557 g/mol. The van der Waals surface area contributed by atoms with Gasteiger partial charge in [0.1, 0.15) is 0 Å². The lowest BCUT2D eigenvalue weighted by molar-refractivity contribution is -0.385. The van der Waals surface area contributed by atoms with E-state index in [2.05, 4.69) is 15.5 Å². The third-order valence-electron chi connectivity index (χ3n) is 6.89. The Labute approximate surface area is 235 Å². The summed E-state index contributed by atoms with van der Waals surface area (Å²) >= 11 is 1.29. The largest absolute Gasteiger partial charge is 0.345 e. The second kappa shape index (κ2) is 11.3. The van der Waals surface area contributed by atoms with Crippen molar-refractivity contribution in [3.05, 3.63) is 104 Å². The number of amides is 2. The van der Waals surface area contributed by atoms with Crippen LogP contribution in [0.2, 0.25) is 0 Å². The first-order valence-corrected chi connectivity index (χ1v) is 13.8. The second-order valence-electron chi connectivity index (χ2n) is 9.68. The van der Waals surface area contributed by atoms with E-state index in [-0.39, 0.29) is 29.5 Å². The zero-order valence-electron chi connectivity index (χ0n) is 22.4. The topological polar surface area (TPSA) is 123 Å². The molecule has 0 fully saturated rings. The van der Waals surface area contributed by atoms with Gasteiger partial charge in [-0.3, -0.25) is 24.3 Å². The minimum atomic E-state index is -0.505. The number of rotatable bonds is 8. The van der Waals surface area contributed by atoms with E-state index in [1.807, 2.05) is 65.8 Å². The molecule has 0 bridgehead atoms. The maximum atomic E-state index is 13.2. The molecular formula is C29H28N6O4S. The van der Waals surface area contributed by atoms with Crippen molar-refractivity contribution < 1.29 is 14.5 Å². The van der Waals surface area contributed by atoms with Crippen molar-refractivity contribution in [2.75, 3.05) is 17.2 Å². The van der Waals surface area contributed by atoms with Gasteiger partial charge >= 0.3 is 0 Å². The predicted octanol–water partition coefficient (Wildman–Crippen LogP) is 4.71. The van der Waals surface area contributed by atoms with Crippen LogP contribution in [0.15, 0.2) is 65.8 Å². The van der Waals surface area contributed by atoms with Crippen LogP contribution < -0.4 is 10.2 Å². The van der Waals surface area contributed by atoms with Gasteiger partial charge in [-0.15, -0.1) is 10.2 Å². The fraction of sp³-hybridized carbons (Fsp3) is 0.241. The summed E-state index contributed by atoms with van der Waals surface area (Å²) < 4.78 is 1.86. The lowest BCUT2D eigenvalue weighted by Gasteiger charge is -2.17. The first-order chi connectivity index (χ1) is 19.2. The number of nitro benzene ring substituents is 1. The van der Waals surface area contributed by atoms with Gasteiger partial charge in [0.25, 0.3) is 11.6 Å². The smallest absolute Gasteiger partial charge is 0.273 e. The standard InChI is InChI=1S/C29H28N6O4S/c1-18-8-9-19(2)24(14-18)34-26(16-30-28(37)22-11-10-20(3)25(15-22)35(38)39)31-32-29(34)40-17-27(36)33-13-12-21-6-4-5-7-23(21)33/h4-11,14-15H,12-13,16-17H2,1-3H3,(H,30,37). The number of nitrogens with zero attached hydrogens (tertiary/aromatic N) is 5. The van der Waals surface area contributed by atoms with Gasteiger partial charge in [-0.25, -0.2) is 0 Å². The molecule has 2 amide bonds. The molecule has 1 aliphatic rings. The molecule has 0 aliphatic carbocycles. The number of para-hydroxylation sites is 1. The Kier molecular flexibility index (Phi) is 7.65. The van der Waals surface area contributed by atoms with Gasteiger partial charge in [0.05, 0.1) is 22.9 Å². The minimum Gasteiger partial charge on any atom is -0.345 e. The third-order valence-corrected chi connectivity index (χ3v) is 7.81. The zero-order chi connectivity index (χ0) is 28.4. The van der Waals surface area contributed by atoms with Gasteiger partial charge in [0.2, 0.25) is 5.91 Å². The van der Waals surface area contributed by atoms with Crippen molar-refractivity contribution in [2.24, 2.45) is 0 Å². The van der Waals surface area contributed by atoms with Gasteiger partial charge in [-0.2, -0.15) is 0 Å². The van der Waals surface area contributed by atoms with Gasteiger partial charge < -0.3 is 10.2 Å². The van der Waals surface area contributed by atoms with Gasteiger partial charge in [0, 0.05) is 29.4 Å². The number of carbonyl (C=O) groups excluding carboxylic acids is 2. The van der Waals surface area contributed by atoms with Crippen LogP contribution in [0, 0.1) is 30.9 Å². The molecule has 4 aromatic rings. The third kappa shape index (κ3) is 5.46. The van der Waals surface area contributed by atoms with E-state index in [0.717, 1.165) is 34.5 Å². The van der Waals surface area contributed by atoms with E-state index >= 15 is 0 Å². The SMILES string of the molecule is Cc1ccc(C)c(-n2c(CNC(=O)c3ccc(C)c([N+](=O)[O-])c3)nnc2SCC(=O)N2CCc3ccccc32)c1. The maximum absolute atomic E-state index is 13.2. The summed E-state index contributed by atoms with van der Waals surface area (Å²) in [6, 6.07) is 18.3. The number of fused-ring (bicyclic) bond motifs is 1. The second-order valence-corrected chi connectivity index (χ2v) is 10.6. The molecule has 0 saturated heterocycles. The van der Waals surface area contributed by atoms with Crippen LogP contribution in [-0.2, 0) is 17.8 Å². The number of aryl methyl sites for hydroxylation is 3. The Morgan fingerprint density at radius 3 is 2.58 bits per heavy atom. The molecule has 5 rings (SSSR count). The number of anilines is 1. The van der Waals surface area contributed by atoms with Crippen molar-refractivity contribution >= 4 is 35.0 Å². The summed E-state index contributed by atoms with van der Waals surface area (Å²) in [5, 5.41) is 23.4. The lowest BCUT2D eigenvalue weighted by atomic mass is 10.1. The summed E-state index contributed by atoms with van der Waals surface area (Å²) in [6.07, 6.45) is 0.833. The fourth-order valence-electron chi connectivity index (χ4n) is 4.72. The molecule has 0 atom stereocenters. The first kappa shape index (κ1) is 27.1.